The van der Waals surface area contributed by atoms with Crippen LogP contribution in [0.25, 0.3) is 0 Å². The number of ether oxygens (including phenoxy) is 1. The molecule has 1 saturated heterocycles. The first kappa shape index (κ1) is 14.5. The number of hydrogen-bond acceptors (Lipinski definition) is 3. The van der Waals surface area contributed by atoms with Gasteiger partial charge in [-0.3, -0.25) is 0 Å². The summed E-state index contributed by atoms with van der Waals surface area (Å²) >= 11 is 0. The molecule has 4 fully saturated rings. The van der Waals surface area contributed by atoms with Crippen LogP contribution in [0.5, 0.6) is 0 Å². The van der Waals surface area contributed by atoms with E-state index in [4.69, 9.17) is 4.74 Å². The minimum atomic E-state index is -1.06. The van der Waals surface area contributed by atoms with Crippen LogP contribution < -0.4 is 0 Å². The van der Waals surface area contributed by atoms with Gasteiger partial charge in [-0.2, -0.15) is 0 Å². The van der Waals surface area contributed by atoms with Gasteiger partial charge in [-0.1, -0.05) is 38.5 Å². The highest BCUT2D eigenvalue weighted by atomic mass is 16.6. The summed E-state index contributed by atoms with van der Waals surface area (Å²) in [7, 11) is 0. The number of aliphatic hydroxyl groups is 2. The van der Waals surface area contributed by atoms with Crippen molar-refractivity contribution in [2.45, 2.75) is 100 Å². The Labute approximate surface area is 128 Å². The molecule has 2 N–H and O–H groups in total. The second-order valence-electron chi connectivity index (χ2n) is 8.16. The molecule has 1 spiro atoms. The van der Waals surface area contributed by atoms with Crippen molar-refractivity contribution in [3.63, 3.8) is 0 Å². The van der Waals surface area contributed by atoms with Crippen molar-refractivity contribution < 1.29 is 14.9 Å². The first-order chi connectivity index (χ1) is 10.1. The van der Waals surface area contributed by atoms with E-state index in [1.807, 2.05) is 0 Å². The van der Waals surface area contributed by atoms with E-state index in [1.165, 1.54) is 25.7 Å². The highest BCUT2D eigenvalue weighted by Gasteiger charge is 2.66. The molecule has 1 heterocycles. The summed E-state index contributed by atoms with van der Waals surface area (Å²) in [5.74, 6) is -0.864. The fourth-order valence-corrected chi connectivity index (χ4v) is 6.23. The van der Waals surface area contributed by atoms with E-state index in [0.717, 1.165) is 51.4 Å². The molecular formula is C18H30O3. The van der Waals surface area contributed by atoms with Gasteiger partial charge in [0.25, 0.3) is 0 Å². The highest BCUT2D eigenvalue weighted by Crippen LogP contribution is 2.61. The van der Waals surface area contributed by atoms with Gasteiger partial charge in [0, 0.05) is 18.3 Å². The second kappa shape index (κ2) is 4.94. The monoisotopic (exact) mass is 294 g/mol. The van der Waals surface area contributed by atoms with Crippen LogP contribution in [0, 0.1) is 11.8 Å². The lowest BCUT2D eigenvalue weighted by molar-refractivity contribution is -0.399. The fourth-order valence-electron chi connectivity index (χ4n) is 6.23. The van der Waals surface area contributed by atoms with E-state index in [-0.39, 0.29) is 17.4 Å². The SMILES string of the molecule is O[C@]12CCCC[C@H]1C1(CCCCC1)O[C@@]1(O)CCCC[C@@H]21. The zero-order valence-corrected chi connectivity index (χ0v) is 13.1. The lowest BCUT2D eigenvalue weighted by atomic mass is 9.53. The summed E-state index contributed by atoms with van der Waals surface area (Å²) in [5, 5.41) is 22.9. The Morgan fingerprint density at radius 1 is 0.667 bits per heavy atom. The quantitative estimate of drug-likeness (QED) is 0.718. The Kier molecular flexibility index (Phi) is 3.40. The molecule has 0 aromatic carbocycles. The van der Waals surface area contributed by atoms with E-state index in [1.54, 1.807) is 0 Å². The molecule has 0 radical (unpaired) electrons. The van der Waals surface area contributed by atoms with Gasteiger partial charge in [0.1, 0.15) is 0 Å². The van der Waals surface area contributed by atoms with Crippen molar-refractivity contribution in [2.24, 2.45) is 11.8 Å². The molecule has 0 amide bonds. The van der Waals surface area contributed by atoms with Crippen molar-refractivity contribution in [3.8, 4) is 0 Å². The summed E-state index contributed by atoms with van der Waals surface area (Å²) in [4.78, 5) is 0. The van der Waals surface area contributed by atoms with Gasteiger partial charge in [-0.05, 0) is 38.5 Å². The Morgan fingerprint density at radius 3 is 2.05 bits per heavy atom. The summed E-state index contributed by atoms with van der Waals surface area (Å²) in [6, 6.07) is 0. The Bertz CT molecular complexity index is 396. The molecule has 3 saturated carbocycles. The van der Waals surface area contributed by atoms with Crippen LogP contribution in [0.3, 0.4) is 0 Å². The molecule has 0 unspecified atom stereocenters. The smallest absolute Gasteiger partial charge is 0.171 e. The molecule has 0 aromatic rings. The Hall–Kier alpha value is -0.120. The van der Waals surface area contributed by atoms with Crippen molar-refractivity contribution >= 4 is 0 Å². The van der Waals surface area contributed by atoms with Gasteiger partial charge in [-0.15, -0.1) is 0 Å². The third-order valence-corrected chi connectivity index (χ3v) is 7.06. The largest absolute Gasteiger partial charge is 0.389 e. The van der Waals surface area contributed by atoms with Crippen LogP contribution in [0.15, 0.2) is 0 Å². The normalized spacial score (nSPS) is 49.4. The van der Waals surface area contributed by atoms with Gasteiger partial charge in [0.2, 0.25) is 0 Å². The van der Waals surface area contributed by atoms with Gasteiger partial charge >= 0.3 is 0 Å². The molecule has 0 aromatic heterocycles. The summed E-state index contributed by atoms with van der Waals surface area (Å²) in [6.45, 7) is 0. The molecule has 3 aliphatic carbocycles. The van der Waals surface area contributed by atoms with E-state index in [9.17, 15) is 10.2 Å². The Balaban J connectivity index is 1.76. The molecule has 4 atom stereocenters. The number of fused-ring (bicyclic) bond motifs is 4. The van der Waals surface area contributed by atoms with E-state index in [0.29, 0.717) is 6.42 Å². The molecule has 0 bridgehead atoms. The van der Waals surface area contributed by atoms with Crippen molar-refractivity contribution in [2.75, 3.05) is 0 Å². The fraction of sp³-hybridized carbons (Fsp3) is 1.00. The van der Waals surface area contributed by atoms with Crippen LogP contribution >= 0.6 is 0 Å². The summed E-state index contributed by atoms with van der Waals surface area (Å²) in [5.41, 5.74) is -0.918. The molecule has 21 heavy (non-hydrogen) atoms. The summed E-state index contributed by atoms with van der Waals surface area (Å²) < 4.78 is 6.54. The standard InChI is InChI=1S/C18H30O3/c19-17-12-6-2-8-14(17)16(10-4-1-5-11-16)21-18(20)13-7-3-9-15(17)18/h14-15,19-20H,1-13H2/t14-,15-,17+,18-/m0/s1. The third kappa shape index (κ3) is 2.04. The van der Waals surface area contributed by atoms with Crippen LogP contribution in [0.4, 0.5) is 0 Å². The maximum absolute atomic E-state index is 11.6. The molecule has 120 valence electrons. The topological polar surface area (TPSA) is 49.7 Å². The van der Waals surface area contributed by atoms with E-state index in [2.05, 4.69) is 0 Å². The zero-order valence-electron chi connectivity index (χ0n) is 13.1. The second-order valence-corrected chi connectivity index (χ2v) is 8.16. The van der Waals surface area contributed by atoms with Crippen LogP contribution in [-0.2, 0) is 4.74 Å². The first-order valence-corrected chi connectivity index (χ1v) is 9.24. The molecule has 1 aliphatic heterocycles. The minimum Gasteiger partial charge on any atom is -0.389 e. The summed E-state index contributed by atoms with van der Waals surface area (Å²) in [6.07, 6.45) is 13.8. The van der Waals surface area contributed by atoms with Crippen molar-refractivity contribution in [1.82, 2.24) is 0 Å². The maximum atomic E-state index is 11.6. The number of hydrogen-bond donors (Lipinski definition) is 2. The van der Waals surface area contributed by atoms with Crippen LogP contribution in [0.2, 0.25) is 0 Å². The average molecular weight is 294 g/mol. The van der Waals surface area contributed by atoms with Crippen molar-refractivity contribution in [3.05, 3.63) is 0 Å². The van der Waals surface area contributed by atoms with Gasteiger partial charge in [0.05, 0.1) is 11.2 Å². The lowest BCUT2D eigenvalue weighted by Gasteiger charge is -2.65. The molecule has 4 aliphatic rings. The number of rotatable bonds is 0. The predicted octanol–water partition coefficient (Wildman–Crippen LogP) is 3.52. The van der Waals surface area contributed by atoms with E-state index < -0.39 is 11.4 Å². The Morgan fingerprint density at radius 2 is 1.29 bits per heavy atom. The van der Waals surface area contributed by atoms with Gasteiger partial charge < -0.3 is 14.9 Å². The highest BCUT2D eigenvalue weighted by molar-refractivity contribution is 5.13. The third-order valence-electron chi connectivity index (χ3n) is 7.06. The lowest BCUT2D eigenvalue weighted by Crippen LogP contribution is -2.72. The van der Waals surface area contributed by atoms with Crippen molar-refractivity contribution in [1.29, 1.82) is 0 Å². The van der Waals surface area contributed by atoms with Crippen LogP contribution in [-0.4, -0.2) is 27.2 Å². The van der Waals surface area contributed by atoms with Gasteiger partial charge in [-0.25, -0.2) is 0 Å². The molecule has 4 rings (SSSR count). The van der Waals surface area contributed by atoms with E-state index >= 15 is 0 Å². The predicted molar refractivity (Wildman–Crippen MR) is 80.7 cm³/mol. The zero-order chi connectivity index (χ0) is 14.6. The van der Waals surface area contributed by atoms with Gasteiger partial charge in [0.15, 0.2) is 5.79 Å². The molecule has 3 heteroatoms. The van der Waals surface area contributed by atoms with Crippen LogP contribution in [0.1, 0.15) is 83.5 Å². The molecular weight excluding hydrogens is 264 g/mol. The first-order valence-electron chi connectivity index (χ1n) is 9.24. The maximum Gasteiger partial charge on any atom is 0.171 e. The molecule has 3 nitrogen and oxygen atoms in total. The minimum absolute atomic E-state index is 0.0587. The average Bonchev–Trinajstić information content (AvgIpc) is 2.47.